The first kappa shape index (κ1) is 18.8. The van der Waals surface area contributed by atoms with Crippen molar-refractivity contribution in [1.29, 1.82) is 0 Å². The summed E-state index contributed by atoms with van der Waals surface area (Å²) >= 11 is 0. The van der Waals surface area contributed by atoms with E-state index in [1.54, 1.807) is 16.8 Å². The fourth-order valence-corrected chi connectivity index (χ4v) is 3.58. The molecule has 2 heterocycles. The molecule has 1 aliphatic rings. The lowest BCUT2D eigenvalue weighted by molar-refractivity contribution is -0.137. The fourth-order valence-electron chi connectivity index (χ4n) is 3.58. The van der Waals surface area contributed by atoms with E-state index in [2.05, 4.69) is 30.0 Å². The highest BCUT2D eigenvalue weighted by Gasteiger charge is 2.31. The zero-order valence-corrected chi connectivity index (χ0v) is 15.5. The van der Waals surface area contributed by atoms with E-state index in [0.29, 0.717) is 12.3 Å². The lowest BCUT2D eigenvalue weighted by atomic mass is 10.1. The molecule has 0 N–H and O–H groups in total. The van der Waals surface area contributed by atoms with Gasteiger partial charge in [0, 0.05) is 36.7 Å². The highest BCUT2D eigenvalue weighted by molar-refractivity contribution is 5.39. The maximum absolute atomic E-state index is 13.0. The molecule has 3 nitrogen and oxygen atoms in total. The van der Waals surface area contributed by atoms with Gasteiger partial charge in [0.1, 0.15) is 6.23 Å². The van der Waals surface area contributed by atoms with E-state index in [1.807, 2.05) is 18.3 Å². The Morgan fingerprint density at radius 2 is 1.89 bits per heavy atom. The number of benzene rings is 2. The van der Waals surface area contributed by atoms with Crippen LogP contribution in [0.15, 0.2) is 67.0 Å². The van der Waals surface area contributed by atoms with Gasteiger partial charge in [-0.3, -0.25) is 4.90 Å². The number of halogens is 3. The first-order chi connectivity index (χ1) is 13.4. The molecule has 1 aliphatic heterocycles. The first-order valence-corrected chi connectivity index (χ1v) is 9.17. The second kappa shape index (κ2) is 7.45. The van der Waals surface area contributed by atoms with Crippen LogP contribution < -0.4 is 0 Å². The molecule has 0 spiro atoms. The Kier molecular flexibility index (Phi) is 5.00. The van der Waals surface area contributed by atoms with Gasteiger partial charge in [0.15, 0.2) is 0 Å². The molecule has 0 bridgehead atoms. The summed E-state index contributed by atoms with van der Waals surface area (Å²) in [6, 6.07) is 15.6. The van der Waals surface area contributed by atoms with E-state index in [0.717, 1.165) is 30.8 Å². The summed E-state index contributed by atoms with van der Waals surface area (Å²) in [6.07, 6.45) is -0.940. The van der Waals surface area contributed by atoms with Crippen molar-refractivity contribution >= 4 is 0 Å². The Hall–Kier alpha value is -2.57. The minimum Gasteiger partial charge on any atom is -0.357 e. The van der Waals surface area contributed by atoms with E-state index in [1.165, 1.54) is 17.2 Å². The minimum atomic E-state index is -4.36. The van der Waals surface area contributed by atoms with Crippen LogP contribution in [0, 0.1) is 6.92 Å². The molecule has 1 fully saturated rings. The number of hydrogen-bond donors (Lipinski definition) is 0. The van der Waals surface area contributed by atoms with Crippen LogP contribution in [0.3, 0.4) is 0 Å². The van der Waals surface area contributed by atoms with Gasteiger partial charge < -0.3 is 9.30 Å². The van der Waals surface area contributed by atoms with Crippen LogP contribution in [0.25, 0.3) is 5.69 Å². The van der Waals surface area contributed by atoms with Gasteiger partial charge in [0.25, 0.3) is 0 Å². The Morgan fingerprint density at radius 1 is 1.07 bits per heavy atom. The average Bonchev–Trinajstić information content (AvgIpc) is 3.30. The van der Waals surface area contributed by atoms with Gasteiger partial charge in [-0.1, -0.05) is 35.9 Å². The van der Waals surface area contributed by atoms with Crippen molar-refractivity contribution < 1.29 is 17.9 Å². The highest BCUT2D eigenvalue weighted by atomic mass is 19.4. The molecule has 0 radical (unpaired) electrons. The Labute approximate surface area is 162 Å². The number of alkyl halides is 3. The molecule has 3 aromatic rings. The minimum absolute atomic E-state index is 0.201. The van der Waals surface area contributed by atoms with Crippen LogP contribution in [0.1, 0.15) is 28.5 Å². The van der Waals surface area contributed by atoms with E-state index >= 15 is 0 Å². The molecule has 1 atom stereocenters. The van der Waals surface area contributed by atoms with E-state index in [-0.39, 0.29) is 6.23 Å². The number of nitrogens with zero attached hydrogens (tertiary/aromatic N) is 2. The standard InChI is InChI=1S/C22H21F3N2O/c1-16-4-2-5-17(12-16)14-27-10-11-28-21(27)18-8-9-26(15-18)20-7-3-6-19(13-20)22(23,24)25/h2-9,12-13,15,21H,10-11,14H2,1H3/t21-/m0/s1. The molecule has 0 saturated carbocycles. The molecule has 0 unspecified atom stereocenters. The summed E-state index contributed by atoms with van der Waals surface area (Å²) in [4.78, 5) is 2.24. The Morgan fingerprint density at radius 3 is 2.68 bits per heavy atom. The lowest BCUT2D eigenvalue weighted by Gasteiger charge is -2.22. The molecule has 1 aromatic heterocycles. The summed E-state index contributed by atoms with van der Waals surface area (Å²) in [5.41, 5.74) is 3.18. The van der Waals surface area contributed by atoms with Crippen LogP contribution >= 0.6 is 0 Å². The van der Waals surface area contributed by atoms with Gasteiger partial charge in [-0.15, -0.1) is 0 Å². The second-order valence-corrected chi connectivity index (χ2v) is 7.08. The normalized spacial score (nSPS) is 17.9. The second-order valence-electron chi connectivity index (χ2n) is 7.08. The zero-order valence-electron chi connectivity index (χ0n) is 15.5. The van der Waals surface area contributed by atoms with E-state index in [4.69, 9.17) is 4.74 Å². The number of aromatic nitrogens is 1. The van der Waals surface area contributed by atoms with Gasteiger partial charge in [0.2, 0.25) is 0 Å². The number of ether oxygens (including phenoxy) is 1. The quantitative estimate of drug-likeness (QED) is 0.603. The third-order valence-corrected chi connectivity index (χ3v) is 4.93. The molecule has 0 aliphatic carbocycles. The van der Waals surface area contributed by atoms with Crippen LogP contribution in [0.4, 0.5) is 13.2 Å². The fraction of sp³-hybridized carbons (Fsp3) is 0.273. The van der Waals surface area contributed by atoms with Gasteiger partial charge >= 0.3 is 6.18 Å². The maximum Gasteiger partial charge on any atom is 0.416 e. The summed E-state index contributed by atoms with van der Waals surface area (Å²) in [6.45, 7) is 4.27. The van der Waals surface area contributed by atoms with E-state index < -0.39 is 11.7 Å². The van der Waals surface area contributed by atoms with Gasteiger partial charge in [-0.2, -0.15) is 13.2 Å². The third kappa shape index (κ3) is 3.98. The van der Waals surface area contributed by atoms with Crippen molar-refractivity contribution in [3.63, 3.8) is 0 Å². The third-order valence-electron chi connectivity index (χ3n) is 4.93. The van der Waals surface area contributed by atoms with Gasteiger partial charge in [0.05, 0.1) is 12.2 Å². The van der Waals surface area contributed by atoms with Crippen LogP contribution in [0.2, 0.25) is 0 Å². The lowest BCUT2D eigenvalue weighted by Crippen LogP contribution is -2.23. The van der Waals surface area contributed by atoms with E-state index in [9.17, 15) is 13.2 Å². The maximum atomic E-state index is 13.0. The molecule has 1 saturated heterocycles. The number of rotatable bonds is 4. The van der Waals surface area contributed by atoms with Crippen molar-refractivity contribution in [3.8, 4) is 5.69 Å². The zero-order chi connectivity index (χ0) is 19.7. The predicted octanol–water partition coefficient (Wildman–Crippen LogP) is 5.34. The summed E-state index contributed by atoms with van der Waals surface area (Å²) < 4.78 is 46.6. The van der Waals surface area contributed by atoms with Crippen molar-refractivity contribution in [2.45, 2.75) is 25.9 Å². The molecular weight excluding hydrogens is 365 g/mol. The monoisotopic (exact) mass is 386 g/mol. The highest BCUT2D eigenvalue weighted by Crippen LogP contribution is 2.32. The molecule has 146 valence electrons. The largest absolute Gasteiger partial charge is 0.416 e. The van der Waals surface area contributed by atoms with Crippen LogP contribution in [-0.2, 0) is 17.5 Å². The summed E-state index contributed by atoms with van der Waals surface area (Å²) in [5.74, 6) is 0. The molecule has 4 rings (SSSR count). The van der Waals surface area contributed by atoms with Crippen molar-refractivity contribution in [2.24, 2.45) is 0 Å². The number of aryl methyl sites for hydroxylation is 1. The van der Waals surface area contributed by atoms with Gasteiger partial charge in [-0.25, -0.2) is 0 Å². The van der Waals surface area contributed by atoms with Gasteiger partial charge in [-0.05, 0) is 36.8 Å². The summed E-state index contributed by atoms with van der Waals surface area (Å²) in [5, 5.41) is 0. The average molecular weight is 386 g/mol. The molecule has 6 heteroatoms. The van der Waals surface area contributed by atoms with Crippen molar-refractivity contribution in [3.05, 3.63) is 89.2 Å². The van der Waals surface area contributed by atoms with Crippen molar-refractivity contribution in [2.75, 3.05) is 13.2 Å². The summed E-state index contributed by atoms with van der Waals surface area (Å²) in [7, 11) is 0. The molecule has 28 heavy (non-hydrogen) atoms. The smallest absolute Gasteiger partial charge is 0.357 e. The predicted molar refractivity (Wildman–Crippen MR) is 101 cm³/mol. The SMILES string of the molecule is Cc1cccc(CN2CCO[C@H]2c2ccn(-c3cccc(C(F)(F)F)c3)c2)c1. The van der Waals surface area contributed by atoms with Crippen molar-refractivity contribution in [1.82, 2.24) is 9.47 Å². The Balaban J connectivity index is 1.55. The van der Waals surface area contributed by atoms with Crippen LogP contribution in [-0.4, -0.2) is 22.6 Å². The molecular formula is C22H21F3N2O. The first-order valence-electron chi connectivity index (χ1n) is 9.17. The topological polar surface area (TPSA) is 17.4 Å². The number of hydrogen-bond acceptors (Lipinski definition) is 2. The Bertz CT molecular complexity index is 964. The molecule has 2 aromatic carbocycles. The molecule has 0 amide bonds. The van der Waals surface area contributed by atoms with Crippen LogP contribution in [0.5, 0.6) is 0 Å².